The minimum absolute atomic E-state index is 0.113. The van der Waals surface area contributed by atoms with Gasteiger partial charge in [-0.1, -0.05) is 13.8 Å². The van der Waals surface area contributed by atoms with Crippen molar-refractivity contribution < 1.29 is 13.9 Å². The van der Waals surface area contributed by atoms with Gasteiger partial charge in [-0.2, -0.15) is 0 Å². The molecule has 0 amide bonds. The number of aromatic nitrogens is 1. The number of hydrogen-bond donors (Lipinski definition) is 0. The highest BCUT2D eigenvalue weighted by atomic mass is 16.6. The number of fused-ring (bicyclic) bond motifs is 1. The van der Waals surface area contributed by atoms with Gasteiger partial charge in [0.15, 0.2) is 11.8 Å². The summed E-state index contributed by atoms with van der Waals surface area (Å²) in [7, 11) is 0. The molecule has 4 heteroatoms. The number of carbonyl (C=O) groups excluding carboxylic acids is 1. The Morgan fingerprint density at radius 2 is 2.12 bits per heavy atom. The summed E-state index contributed by atoms with van der Waals surface area (Å²) in [5, 5.41) is 0. The second-order valence-electron chi connectivity index (χ2n) is 4.08. The van der Waals surface area contributed by atoms with E-state index in [1.165, 1.54) is 0 Å². The van der Waals surface area contributed by atoms with Crippen LogP contribution in [0.1, 0.15) is 27.0 Å². The lowest BCUT2D eigenvalue weighted by molar-refractivity contribution is -0.156. The average molecular weight is 221 g/mol. The molecule has 0 saturated carbocycles. The van der Waals surface area contributed by atoms with Crippen LogP contribution in [0.25, 0.3) is 11.1 Å². The molecular formula is C12H15NO3. The second kappa shape index (κ2) is 4.04. The Kier molecular flexibility index (Phi) is 2.73. The number of esters is 1. The second-order valence-corrected chi connectivity index (χ2v) is 4.08. The standard InChI is InChI=1S/C12H15NO3/c1-8(2)12(14)16-9(3)13-6-4-11-10(13)5-7-15-11/h4-9H,1-3H3. The van der Waals surface area contributed by atoms with Gasteiger partial charge in [-0.05, 0) is 13.0 Å². The van der Waals surface area contributed by atoms with Gasteiger partial charge in [-0.15, -0.1) is 0 Å². The summed E-state index contributed by atoms with van der Waals surface area (Å²) >= 11 is 0. The van der Waals surface area contributed by atoms with E-state index in [0.29, 0.717) is 0 Å². The SMILES string of the molecule is CC(C)C(=O)OC(C)n1ccc2occc21. The smallest absolute Gasteiger partial charge is 0.310 e. The van der Waals surface area contributed by atoms with Crippen molar-refractivity contribution in [3.05, 3.63) is 24.6 Å². The number of nitrogens with zero attached hydrogens (tertiary/aromatic N) is 1. The molecule has 0 saturated heterocycles. The molecule has 1 unspecified atom stereocenters. The predicted molar refractivity (Wildman–Crippen MR) is 59.8 cm³/mol. The van der Waals surface area contributed by atoms with E-state index in [0.717, 1.165) is 11.1 Å². The van der Waals surface area contributed by atoms with Crippen molar-refractivity contribution in [3.8, 4) is 0 Å². The van der Waals surface area contributed by atoms with Crippen molar-refractivity contribution in [1.29, 1.82) is 0 Å². The van der Waals surface area contributed by atoms with Crippen LogP contribution >= 0.6 is 0 Å². The third-order valence-electron chi connectivity index (χ3n) is 2.49. The molecule has 0 spiro atoms. The van der Waals surface area contributed by atoms with Crippen molar-refractivity contribution in [2.75, 3.05) is 0 Å². The van der Waals surface area contributed by atoms with E-state index in [1.807, 2.05) is 43.7 Å². The summed E-state index contributed by atoms with van der Waals surface area (Å²) in [6.07, 6.45) is 3.16. The lowest BCUT2D eigenvalue weighted by atomic mass is 10.2. The van der Waals surface area contributed by atoms with Crippen LogP contribution in [0, 0.1) is 5.92 Å². The minimum Gasteiger partial charge on any atom is -0.463 e. The van der Waals surface area contributed by atoms with E-state index >= 15 is 0 Å². The van der Waals surface area contributed by atoms with E-state index in [2.05, 4.69) is 0 Å². The largest absolute Gasteiger partial charge is 0.463 e. The Morgan fingerprint density at radius 3 is 2.81 bits per heavy atom. The zero-order valence-electron chi connectivity index (χ0n) is 9.64. The zero-order chi connectivity index (χ0) is 11.7. The summed E-state index contributed by atoms with van der Waals surface area (Å²) in [6, 6.07) is 3.71. The minimum atomic E-state index is -0.315. The summed E-state index contributed by atoms with van der Waals surface area (Å²) < 4.78 is 12.4. The molecule has 0 bridgehead atoms. The zero-order valence-corrected chi connectivity index (χ0v) is 9.64. The maximum Gasteiger partial charge on any atom is 0.310 e. The third-order valence-corrected chi connectivity index (χ3v) is 2.49. The van der Waals surface area contributed by atoms with Gasteiger partial charge in [0.25, 0.3) is 0 Å². The van der Waals surface area contributed by atoms with E-state index in [9.17, 15) is 4.79 Å². The van der Waals surface area contributed by atoms with Crippen LogP contribution < -0.4 is 0 Å². The molecule has 0 aliphatic carbocycles. The Labute approximate surface area is 93.8 Å². The Morgan fingerprint density at radius 1 is 1.38 bits per heavy atom. The lowest BCUT2D eigenvalue weighted by Gasteiger charge is -2.16. The molecular weight excluding hydrogens is 206 g/mol. The Bertz CT molecular complexity index is 495. The molecule has 2 aromatic rings. The quantitative estimate of drug-likeness (QED) is 0.748. The first kappa shape index (κ1) is 10.8. The molecule has 0 fully saturated rings. The first-order valence-corrected chi connectivity index (χ1v) is 5.34. The summed E-state index contributed by atoms with van der Waals surface area (Å²) in [4.78, 5) is 11.5. The van der Waals surface area contributed by atoms with Crippen molar-refractivity contribution in [2.24, 2.45) is 5.92 Å². The van der Waals surface area contributed by atoms with E-state index in [4.69, 9.17) is 9.15 Å². The van der Waals surface area contributed by atoms with Gasteiger partial charge in [-0.25, -0.2) is 0 Å². The molecule has 0 aliphatic heterocycles. The highest BCUT2D eigenvalue weighted by Gasteiger charge is 2.16. The van der Waals surface area contributed by atoms with Crippen LogP contribution in [0.15, 0.2) is 29.0 Å². The van der Waals surface area contributed by atoms with E-state index in [1.54, 1.807) is 6.26 Å². The van der Waals surface area contributed by atoms with Crippen LogP contribution in [0.3, 0.4) is 0 Å². The van der Waals surface area contributed by atoms with Crippen LogP contribution in [0.5, 0.6) is 0 Å². The van der Waals surface area contributed by atoms with Gasteiger partial charge in [0.1, 0.15) is 0 Å². The molecule has 2 rings (SSSR count). The van der Waals surface area contributed by atoms with E-state index < -0.39 is 0 Å². The van der Waals surface area contributed by atoms with Gasteiger partial charge in [0.05, 0.1) is 17.7 Å². The maximum absolute atomic E-state index is 11.5. The lowest BCUT2D eigenvalue weighted by Crippen LogP contribution is -2.17. The normalized spacial score (nSPS) is 13.2. The Balaban J connectivity index is 2.19. The average Bonchev–Trinajstić information content (AvgIpc) is 2.77. The number of rotatable bonds is 3. The Hall–Kier alpha value is -1.71. The van der Waals surface area contributed by atoms with Gasteiger partial charge in [0.2, 0.25) is 0 Å². The monoisotopic (exact) mass is 221 g/mol. The molecule has 2 heterocycles. The number of carbonyl (C=O) groups is 1. The van der Waals surface area contributed by atoms with E-state index in [-0.39, 0.29) is 18.1 Å². The molecule has 0 aromatic carbocycles. The number of ether oxygens (including phenoxy) is 1. The number of hydrogen-bond acceptors (Lipinski definition) is 3. The molecule has 2 aromatic heterocycles. The molecule has 0 N–H and O–H groups in total. The van der Waals surface area contributed by atoms with Gasteiger partial charge in [-0.3, -0.25) is 4.79 Å². The fourth-order valence-electron chi connectivity index (χ4n) is 1.56. The van der Waals surface area contributed by atoms with Gasteiger partial charge < -0.3 is 13.7 Å². The van der Waals surface area contributed by atoms with Crippen LogP contribution in [-0.4, -0.2) is 10.5 Å². The van der Waals surface area contributed by atoms with Crippen molar-refractivity contribution in [3.63, 3.8) is 0 Å². The summed E-state index contributed by atoms with van der Waals surface area (Å²) in [6.45, 7) is 5.48. The van der Waals surface area contributed by atoms with Crippen molar-refractivity contribution in [1.82, 2.24) is 4.57 Å². The van der Waals surface area contributed by atoms with Crippen LogP contribution in [-0.2, 0) is 9.53 Å². The van der Waals surface area contributed by atoms with Crippen LogP contribution in [0.4, 0.5) is 0 Å². The predicted octanol–water partition coefficient (Wildman–Crippen LogP) is 2.95. The highest BCUT2D eigenvalue weighted by molar-refractivity contribution is 5.74. The fraction of sp³-hybridized carbons (Fsp3) is 0.417. The summed E-state index contributed by atoms with van der Waals surface area (Å²) in [5.74, 6) is -0.310. The van der Waals surface area contributed by atoms with Crippen molar-refractivity contribution >= 4 is 17.1 Å². The molecule has 86 valence electrons. The third kappa shape index (κ3) is 1.83. The fourth-order valence-corrected chi connectivity index (χ4v) is 1.56. The first-order valence-electron chi connectivity index (χ1n) is 5.34. The van der Waals surface area contributed by atoms with Crippen molar-refractivity contribution in [2.45, 2.75) is 27.0 Å². The van der Waals surface area contributed by atoms with Crippen LogP contribution in [0.2, 0.25) is 0 Å². The summed E-state index contributed by atoms with van der Waals surface area (Å²) in [5.41, 5.74) is 1.73. The topological polar surface area (TPSA) is 44.4 Å². The first-order chi connectivity index (χ1) is 7.59. The van der Waals surface area contributed by atoms with Gasteiger partial charge in [0, 0.05) is 12.3 Å². The molecule has 0 radical (unpaired) electrons. The molecule has 1 atom stereocenters. The maximum atomic E-state index is 11.5. The molecule has 0 aliphatic rings. The van der Waals surface area contributed by atoms with Gasteiger partial charge >= 0.3 is 5.97 Å². The molecule has 16 heavy (non-hydrogen) atoms. The highest BCUT2D eigenvalue weighted by Crippen LogP contribution is 2.22. The number of furan rings is 1. The molecule has 4 nitrogen and oxygen atoms in total.